The highest BCUT2D eigenvalue weighted by Gasteiger charge is 2.42. The molecule has 3 N–H and O–H groups in total. The molecule has 1 aromatic rings. The molecule has 0 heterocycles. The number of anilines is 2. The molecular formula is C14H17BrN2O. The minimum Gasteiger partial charge on any atom is -0.398 e. The Kier molecular flexibility index (Phi) is 3.06. The number of hydrogen-bond donors (Lipinski definition) is 2. The fourth-order valence-electron chi connectivity index (χ4n) is 3.41. The highest BCUT2D eigenvalue weighted by atomic mass is 79.9. The molecule has 0 aliphatic heterocycles. The second-order valence-electron chi connectivity index (χ2n) is 5.51. The van der Waals surface area contributed by atoms with Crippen LogP contribution in [-0.4, -0.2) is 5.91 Å². The minimum atomic E-state index is 0.180. The van der Waals surface area contributed by atoms with Crippen molar-refractivity contribution in [3.8, 4) is 0 Å². The summed E-state index contributed by atoms with van der Waals surface area (Å²) >= 11 is 3.38. The Morgan fingerprint density at radius 3 is 2.78 bits per heavy atom. The largest absolute Gasteiger partial charge is 0.398 e. The number of benzene rings is 1. The molecule has 2 fully saturated rings. The lowest BCUT2D eigenvalue weighted by Crippen LogP contribution is -2.27. The summed E-state index contributed by atoms with van der Waals surface area (Å²) in [5, 5.41) is 3.01. The van der Waals surface area contributed by atoms with Crippen molar-refractivity contribution in [1.82, 2.24) is 0 Å². The number of hydrogen-bond acceptors (Lipinski definition) is 2. The van der Waals surface area contributed by atoms with Crippen LogP contribution in [0.2, 0.25) is 0 Å². The van der Waals surface area contributed by atoms with Crippen LogP contribution in [0.15, 0.2) is 22.7 Å². The summed E-state index contributed by atoms with van der Waals surface area (Å²) in [6.07, 6.45) is 4.88. The number of carbonyl (C=O) groups excluding carboxylic acids is 1. The smallest absolute Gasteiger partial charge is 0.227 e. The first-order valence-electron chi connectivity index (χ1n) is 6.49. The van der Waals surface area contributed by atoms with Crippen LogP contribution in [0.4, 0.5) is 11.4 Å². The molecule has 0 aromatic heterocycles. The third-order valence-corrected chi connectivity index (χ3v) is 5.03. The normalized spacial score (nSPS) is 29.5. The quantitative estimate of drug-likeness (QED) is 0.823. The van der Waals surface area contributed by atoms with Gasteiger partial charge in [-0.05, 0) is 65.2 Å². The van der Waals surface area contributed by atoms with Crippen LogP contribution in [0.25, 0.3) is 0 Å². The van der Waals surface area contributed by atoms with E-state index in [1.807, 2.05) is 12.1 Å². The Bertz CT molecular complexity index is 489. The highest BCUT2D eigenvalue weighted by molar-refractivity contribution is 9.10. The van der Waals surface area contributed by atoms with Gasteiger partial charge in [-0.1, -0.05) is 6.42 Å². The lowest BCUT2D eigenvalue weighted by atomic mass is 9.88. The first-order chi connectivity index (χ1) is 8.63. The summed E-state index contributed by atoms with van der Waals surface area (Å²) < 4.78 is 0.827. The van der Waals surface area contributed by atoms with Crippen LogP contribution in [0.3, 0.4) is 0 Å². The second-order valence-corrected chi connectivity index (χ2v) is 6.36. The van der Waals surface area contributed by atoms with Crippen LogP contribution in [0, 0.1) is 17.8 Å². The number of nitrogens with one attached hydrogen (secondary N) is 1. The van der Waals surface area contributed by atoms with Gasteiger partial charge in [-0.15, -0.1) is 0 Å². The van der Waals surface area contributed by atoms with Crippen molar-refractivity contribution in [3.63, 3.8) is 0 Å². The van der Waals surface area contributed by atoms with Gasteiger partial charge < -0.3 is 11.1 Å². The van der Waals surface area contributed by atoms with E-state index in [2.05, 4.69) is 21.2 Å². The number of nitrogens with two attached hydrogens (primary N) is 1. The average Bonchev–Trinajstić information content (AvgIpc) is 2.96. The van der Waals surface area contributed by atoms with Crippen LogP contribution >= 0.6 is 15.9 Å². The van der Waals surface area contributed by atoms with Gasteiger partial charge in [0.25, 0.3) is 0 Å². The molecule has 3 unspecified atom stereocenters. The van der Waals surface area contributed by atoms with E-state index in [4.69, 9.17) is 5.73 Å². The van der Waals surface area contributed by atoms with Crippen LogP contribution in [-0.2, 0) is 4.79 Å². The molecule has 3 atom stereocenters. The summed E-state index contributed by atoms with van der Waals surface area (Å²) in [6, 6.07) is 5.52. The van der Waals surface area contributed by atoms with Crippen molar-refractivity contribution in [2.75, 3.05) is 11.1 Å². The summed E-state index contributed by atoms with van der Waals surface area (Å²) in [7, 11) is 0. The van der Waals surface area contributed by atoms with Gasteiger partial charge >= 0.3 is 0 Å². The Morgan fingerprint density at radius 1 is 1.33 bits per heavy atom. The molecule has 2 saturated carbocycles. The average molecular weight is 309 g/mol. The summed E-state index contributed by atoms with van der Waals surface area (Å²) in [5.74, 6) is 1.81. The molecule has 0 spiro atoms. The van der Waals surface area contributed by atoms with Crippen LogP contribution in [0.5, 0.6) is 0 Å². The maximum absolute atomic E-state index is 12.2. The van der Waals surface area contributed by atoms with Gasteiger partial charge in [0.15, 0.2) is 0 Å². The van der Waals surface area contributed by atoms with E-state index in [0.717, 1.165) is 22.5 Å². The van der Waals surface area contributed by atoms with Gasteiger partial charge in [0.2, 0.25) is 5.91 Å². The topological polar surface area (TPSA) is 55.1 Å². The first kappa shape index (κ1) is 12.0. The number of rotatable bonds is 2. The van der Waals surface area contributed by atoms with Crippen LogP contribution < -0.4 is 11.1 Å². The third kappa shape index (κ3) is 2.14. The maximum Gasteiger partial charge on any atom is 0.227 e. The monoisotopic (exact) mass is 308 g/mol. The highest BCUT2D eigenvalue weighted by Crippen LogP contribution is 2.48. The maximum atomic E-state index is 12.2. The summed E-state index contributed by atoms with van der Waals surface area (Å²) in [4.78, 5) is 12.2. The molecule has 0 saturated heterocycles. The number of fused-ring (bicyclic) bond motifs is 2. The standard InChI is InChI=1S/C14H17BrN2O/c15-12-7-10(3-4-13(12)16)17-14(18)11-6-8-1-2-9(11)5-8/h3-4,7-9,11H,1-2,5-6,16H2,(H,17,18). The molecule has 3 rings (SSSR count). The van der Waals surface area contributed by atoms with Crippen molar-refractivity contribution in [2.45, 2.75) is 25.7 Å². The zero-order chi connectivity index (χ0) is 12.7. The summed E-state index contributed by atoms with van der Waals surface area (Å²) in [5.41, 5.74) is 7.24. The molecule has 2 aliphatic rings. The zero-order valence-corrected chi connectivity index (χ0v) is 11.7. The number of nitrogen functional groups attached to an aromatic ring is 1. The van der Waals surface area contributed by atoms with Crippen molar-refractivity contribution in [3.05, 3.63) is 22.7 Å². The van der Waals surface area contributed by atoms with E-state index in [9.17, 15) is 4.79 Å². The molecule has 2 aliphatic carbocycles. The van der Waals surface area contributed by atoms with Gasteiger partial charge in [0.1, 0.15) is 0 Å². The van der Waals surface area contributed by atoms with E-state index in [1.165, 1.54) is 19.3 Å². The molecule has 3 nitrogen and oxygen atoms in total. The van der Waals surface area contributed by atoms with Gasteiger partial charge in [-0.3, -0.25) is 4.79 Å². The number of carbonyl (C=O) groups is 1. The van der Waals surface area contributed by atoms with Crippen LogP contribution in [0.1, 0.15) is 25.7 Å². The SMILES string of the molecule is Nc1ccc(NC(=O)C2CC3CCC2C3)cc1Br. The fraction of sp³-hybridized carbons (Fsp3) is 0.500. The Balaban J connectivity index is 1.69. The predicted octanol–water partition coefficient (Wildman–Crippen LogP) is 3.41. The molecule has 96 valence electrons. The van der Waals surface area contributed by atoms with Crippen molar-refractivity contribution in [1.29, 1.82) is 0 Å². The third-order valence-electron chi connectivity index (χ3n) is 4.34. The van der Waals surface area contributed by atoms with E-state index in [0.29, 0.717) is 11.6 Å². The van der Waals surface area contributed by atoms with E-state index >= 15 is 0 Å². The molecule has 2 bridgehead atoms. The van der Waals surface area contributed by atoms with Crippen molar-refractivity contribution in [2.24, 2.45) is 17.8 Å². The first-order valence-corrected chi connectivity index (χ1v) is 7.28. The van der Waals surface area contributed by atoms with Gasteiger partial charge in [-0.25, -0.2) is 0 Å². The number of amides is 1. The zero-order valence-electron chi connectivity index (χ0n) is 10.2. The lowest BCUT2D eigenvalue weighted by Gasteiger charge is -2.20. The molecule has 0 radical (unpaired) electrons. The van der Waals surface area contributed by atoms with Crippen molar-refractivity contribution >= 4 is 33.2 Å². The molecular weight excluding hydrogens is 292 g/mol. The predicted molar refractivity (Wildman–Crippen MR) is 76.1 cm³/mol. The molecule has 1 aromatic carbocycles. The van der Waals surface area contributed by atoms with Gasteiger partial charge in [-0.2, -0.15) is 0 Å². The lowest BCUT2D eigenvalue weighted by molar-refractivity contribution is -0.121. The Morgan fingerprint density at radius 2 is 2.17 bits per heavy atom. The minimum absolute atomic E-state index is 0.180. The van der Waals surface area contributed by atoms with Gasteiger partial charge in [0, 0.05) is 21.8 Å². The fourth-order valence-corrected chi connectivity index (χ4v) is 3.78. The summed E-state index contributed by atoms with van der Waals surface area (Å²) in [6.45, 7) is 0. The molecule has 1 amide bonds. The Hall–Kier alpha value is -1.03. The second kappa shape index (κ2) is 4.57. The van der Waals surface area contributed by atoms with Gasteiger partial charge in [0.05, 0.1) is 0 Å². The Labute approximate surface area is 115 Å². The van der Waals surface area contributed by atoms with E-state index in [1.54, 1.807) is 6.07 Å². The number of halogens is 1. The molecule has 4 heteroatoms. The van der Waals surface area contributed by atoms with E-state index < -0.39 is 0 Å². The molecule has 18 heavy (non-hydrogen) atoms. The van der Waals surface area contributed by atoms with E-state index in [-0.39, 0.29) is 11.8 Å². The van der Waals surface area contributed by atoms with Crippen molar-refractivity contribution < 1.29 is 4.79 Å².